The van der Waals surface area contributed by atoms with Crippen molar-refractivity contribution in [1.82, 2.24) is 0 Å². The van der Waals surface area contributed by atoms with Gasteiger partial charge >= 0.3 is 5.97 Å². The average Bonchev–Trinajstić information content (AvgIpc) is 3.03. The number of para-hydroxylation sites is 1. The molecule has 1 heterocycles. The van der Waals surface area contributed by atoms with Gasteiger partial charge in [0.15, 0.2) is 5.75 Å². The van der Waals surface area contributed by atoms with Gasteiger partial charge in [-0.05, 0) is 29.9 Å². The fourth-order valence-electron chi connectivity index (χ4n) is 2.01. The molecule has 2 rings (SSSR count). The first-order valence-corrected chi connectivity index (χ1v) is 8.64. The highest BCUT2D eigenvalue weighted by Gasteiger charge is 2.24. The van der Waals surface area contributed by atoms with Crippen LogP contribution < -0.4 is 9.62 Å². The number of rotatable bonds is 7. The number of benzene rings is 1. The summed E-state index contributed by atoms with van der Waals surface area (Å²) in [6.45, 7) is 8.31. The highest BCUT2D eigenvalue weighted by molar-refractivity contribution is 7.08. The van der Waals surface area contributed by atoms with E-state index in [1.54, 1.807) is 13.0 Å². The predicted molar refractivity (Wildman–Crippen MR) is 92.7 cm³/mol. The number of thiophene rings is 1. The molecule has 1 aromatic heterocycles. The average molecular weight is 350 g/mol. The Morgan fingerprint density at radius 3 is 2.62 bits per heavy atom. The minimum absolute atomic E-state index is 0.157. The van der Waals surface area contributed by atoms with Crippen LogP contribution in [0.15, 0.2) is 35.0 Å². The molecule has 24 heavy (non-hydrogen) atoms. The molecule has 1 aromatic carbocycles. The SMILES string of the molecule is CCOCC(=O)OOc1cccc(C(C)(C)C)c1Oc1ccsc1. The summed E-state index contributed by atoms with van der Waals surface area (Å²) < 4.78 is 11.0. The summed E-state index contributed by atoms with van der Waals surface area (Å²) in [5.74, 6) is 0.993. The Labute approximate surface area is 146 Å². The van der Waals surface area contributed by atoms with Crippen LogP contribution in [0.25, 0.3) is 0 Å². The zero-order valence-electron chi connectivity index (χ0n) is 14.3. The normalized spacial score (nSPS) is 11.2. The molecule has 0 radical (unpaired) electrons. The Morgan fingerprint density at radius 1 is 1.21 bits per heavy atom. The Kier molecular flexibility index (Phi) is 6.23. The first kappa shape index (κ1) is 18.3. The van der Waals surface area contributed by atoms with Crippen LogP contribution in [0.1, 0.15) is 33.3 Å². The van der Waals surface area contributed by atoms with Gasteiger partial charge in [-0.1, -0.05) is 32.9 Å². The van der Waals surface area contributed by atoms with Gasteiger partial charge in [0, 0.05) is 17.6 Å². The number of carbonyl (C=O) groups is 1. The van der Waals surface area contributed by atoms with E-state index in [-0.39, 0.29) is 12.0 Å². The molecule has 0 unspecified atom stereocenters. The summed E-state index contributed by atoms with van der Waals surface area (Å²) in [4.78, 5) is 21.6. The fraction of sp³-hybridized carbons (Fsp3) is 0.389. The van der Waals surface area contributed by atoms with Gasteiger partial charge in [-0.25, -0.2) is 9.68 Å². The molecule has 0 amide bonds. The maximum Gasteiger partial charge on any atom is 0.380 e. The smallest absolute Gasteiger partial charge is 0.380 e. The molecule has 0 bridgehead atoms. The van der Waals surface area contributed by atoms with Crippen molar-refractivity contribution in [3.8, 4) is 17.2 Å². The third-order valence-corrected chi connectivity index (χ3v) is 3.81. The Bertz CT molecular complexity index is 659. The highest BCUT2D eigenvalue weighted by Crippen LogP contribution is 2.41. The van der Waals surface area contributed by atoms with E-state index in [1.807, 2.05) is 29.0 Å². The Balaban J connectivity index is 2.24. The molecular weight excluding hydrogens is 328 g/mol. The van der Waals surface area contributed by atoms with E-state index >= 15 is 0 Å². The van der Waals surface area contributed by atoms with E-state index in [4.69, 9.17) is 19.2 Å². The lowest BCUT2D eigenvalue weighted by atomic mass is 9.86. The van der Waals surface area contributed by atoms with E-state index < -0.39 is 5.97 Å². The van der Waals surface area contributed by atoms with Crippen LogP contribution in [0.4, 0.5) is 0 Å². The summed E-state index contributed by atoms with van der Waals surface area (Å²) >= 11 is 1.54. The van der Waals surface area contributed by atoms with Crippen LogP contribution in [-0.4, -0.2) is 19.2 Å². The van der Waals surface area contributed by atoms with Crippen molar-refractivity contribution in [3.63, 3.8) is 0 Å². The quantitative estimate of drug-likeness (QED) is 0.534. The van der Waals surface area contributed by atoms with Gasteiger partial charge in [0.2, 0.25) is 5.75 Å². The summed E-state index contributed by atoms with van der Waals surface area (Å²) in [7, 11) is 0. The monoisotopic (exact) mass is 350 g/mol. The topological polar surface area (TPSA) is 54.0 Å². The third-order valence-electron chi connectivity index (χ3n) is 3.15. The molecule has 0 aliphatic rings. The van der Waals surface area contributed by atoms with Crippen molar-refractivity contribution in [1.29, 1.82) is 0 Å². The second-order valence-electron chi connectivity index (χ2n) is 6.12. The van der Waals surface area contributed by atoms with E-state index in [9.17, 15) is 4.79 Å². The van der Waals surface area contributed by atoms with Crippen molar-refractivity contribution in [3.05, 3.63) is 40.6 Å². The fourth-order valence-corrected chi connectivity index (χ4v) is 2.56. The zero-order chi connectivity index (χ0) is 17.6. The van der Waals surface area contributed by atoms with Crippen molar-refractivity contribution in [2.24, 2.45) is 0 Å². The molecule has 0 fully saturated rings. The third kappa shape index (κ3) is 4.97. The number of ether oxygens (including phenoxy) is 2. The molecule has 0 aliphatic carbocycles. The first-order chi connectivity index (χ1) is 11.4. The van der Waals surface area contributed by atoms with Crippen LogP contribution in [-0.2, 0) is 19.8 Å². The predicted octanol–water partition coefficient (Wildman–Crippen LogP) is 4.71. The molecule has 5 nitrogen and oxygen atoms in total. The largest absolute Gasteiger partial charge is 0.452 e. The van der Waals surface area contributed by atoms with Crippen molar-refractivity contribution < 1.29 is 24.0 Å². The van der Waals surface area contributed by atoms with Gasteiger partial charge in [-0.3, -0.25) is 4.89 Å². The maximum atomic E-state index is 11.6. The lowest BCUT2D eigenvalue weighted by molar-refractivity contribution is -0.218. The molecule has 130 valence electrons. The lowest BCUT2D eigenvalue weighted by Gasteiger charge is -2.23. The van der Waals surface area contributed by atoms with Gasteiger partial charge < -0.3 is 9.47 Å². The van der Waals surface area contributed by atoms with Gasteiger partial charge in [0.25, 0.3) is 0 Å². The van der Waals surface area contributed by atoms with Crippen LogP contribution in [0.2, 0.25) is 0 Å². The molecule has 0 spiro atoms. The number of carbonyl (C=O) groups excluding carboxylic acids is 1. The van der Waals surface area contributed by atoms with E-state index in [2.05, 4.69) is 20.8 Å². The molecule has 0 saturated heterocycles. The summed E-state index contributed by atoms with van der Waals surface area (Å²) in [6, 6.07) is 7.38. The second-order valence-corrected chi connectivity index (χ2v) is 6.90. The van der Waals surface area contributed by atoms with Gasteiger partial charge in [-0.15, -0.1) is 11.3 Å². The van der Waals surface area contributed by atoms with Gasteiger partial charge in [0.05, 0.1) is 0 Å². The zero-order valence-corrected chi connectivity index (χ0v) is 15.1. The van der Waals surface area contributed by atoms with Crippen LogP contribution in [0.5, 0.6) is 17.2 Å². The minimum atomic E-state index is -0.598. The Hall–Kier alpha value is -2.05. The van der Waals surface area contributed by atoms with Crippen molar-refractivity contribution in [2.75, 3.05) is 13.2 Å². The van der Waals surface area contributed by atoms with Crippen molar-refractivity contribution in [2.45, 2.75) is 33.1 Å². The minimum Gasteiger partial charge on any atom is -0.452 e. The first-order valence-electron chi connectivity index (χ1n) is 7.70. The number of hydrogen-bond acceptors (Lipinski definition) is 6. The van der Waals surface area contributed by atoms with Gasteiger partial charge in [-0.2, -0.15) is 0 Å². The number of hydrogen-bond donors (Lipinski definition) is 0. The van der Waals surface area contributed by atoms with Crippen LogP contribution in [0.3, 0.4) is 0 Å². The van der Waals surface area contributed by atoms with Crippen LogP contribution in [0, 0.1) is 0 Å². The molecule has 0 saturated carbocycles. The molecule has 0 N–H and O–H groups in total. The summed E-state index contributed by atoms with van der Waals surface area (Å²) in [5, 5.41) is 3.82. The molecule has 0 atom stereocenters. The van der Waals surface area contributed by atoms with E-state index in [1.165, 1.54) is 11.3 Å². The molecule has 2 aromatic rings. The van der Waals surface area contributed by atoms with Gasteiger partial charge in [0.1, 0.15) is 12.4 Å². The molecular formula is C18H22O5S. The van der Waals surface area contributed by atoms with E-state index in [0.717, 1.165) is 5.56 Å². The highest BCUT2D eigenvalue weighted by atomic mass is 32.1. The second kappa shape index (κ2) is 8.17. The summed E-state index contributed by atoms with van der Waals surface area (Å²) in [6.07, 6.45) is 0. The van der Waals surface area contributed by atoms with E-state index in [0.29, 0.717) is 23.9 Å². The Morgan fingerprint density at radius 2 is 2.00 bits per heavy atom. The van der Waals surface area contributed by atoms with Crippen molar-refractivity contribution >= 4 is 17.3 Å². The lowest BCUT2D eigenvalue weighted by Crippen LogP contribution is -2.16. The summed E-state index contributed by atoms with van der Waals surface area (Å²) in [5.41, 5.74) is 0.784. The maximum absolute atomic E-state index is 11.6. The molecule has 6 heteroatoms. The molecule has 0 aliphatic heterocycles. The van der Waals surface area contributed by atoms with Crippen LogP contribution >= 0.6 is 11.3 Å². The standard InChI is InChI=1S/C18H22O5S/c1-5-20-11-16(19)23-22-15-8-6-7-14(18(2,3)4)17(15)21-13-9-10-24-12-13/h6-10,12H,5,11H2,1-4H3.